The zero-order chi connectivity index (χ0) is 36.4. The minimum absolute atomic E-state index is 0.148. The molecule has 0 aromatic heterocycles. The van der Waals surface area contributed by atoms with Crippen LogP contribution in [0.1, 0.15) is 49.9 Å². The molecule has 2 unspecified atom stereocenters. The molecule has 4 aromatic rings. The number of nitro benzene ring substituents is 2. The minimum atomic E-state index is -1.05. The summed E-state index contributed by atoms with van der Waals surface area (Å²) in [5.41, 5.74) is 1.07. The lowest BCUT2D eigenvalue weighted by molar-refractivity contribution is -0.386. The first kappa shape index (κ1) is 33.4. The summed E-state index contributed by atoms with van der Waals surface area (Å²) in [5, 5.41) is 26.3. The van der Waals surface area contributed by atoms with Crippen molar-refractivity contribution in [2.45, 2.75) is 59.8 Å². The Morgan fingerprint density at radius 2 is 1.04 bits per heavy atom. The molecule has 4 heterocycles. The van der Waals surface area contributed by atoms with Gasteiger partial charge in [-0.15, -0.1) is 0 Å². The molecule has 0 saturated heterocycles. The summed E-state index contributed by atoms with van der Waals surface area (Å²) in [6, 6.07) is 17.8. The second kappa shape index (κ2) is 10.9. The highest BCUT2D eigenvalue weighted by molar-refractivity contribution is 7.99. The average Bonchev–Trinajstić information content (AvgIpc) is 3.33. The smallest absolute Gasteiger partial charge is 0.312 e. The maximum atomic E-state index is 12.6. The number of ether oxygens (including phenoxy) is 2. The van der Waals surface area contributed by atoms with E-state index in [1.54, 1.807) is 12.1 Å². The lowest BCUT2D eigenvalue weighted by Crippen LogP contribution is -2.58. The Labute approximate surface area is 308 Å². The summed E-state index contributed by atoms with van der Waals surface area (Å²) in [5.74, 6) is 0.295. The Balaban J connectivity index is 1.16. The molecule has 4 aliphatic rings. The van der Waals surface area contributed by atoms with Gasteiger partial charge in [0.2, 0.25) is 22.9 Å². The van der Waals surface area contributed by atoms with Crippen LogP contribution < -0.4 is 19.3 Å². The Kier molecular flexibility index (Phi) is 7.14. The quantitative estimate of drug-likeness (QED) is 0.149. The predicted octanol–water partition coefficient (Wildman–Crippen LogP) is 10.0. The van der Waals surface area contributed by atoms with Gasteiger partial charge in [0, 0.05) is 68.6 Å². The van der Waals surface area contributed by atoms with Gasteiger partial charge in [0.15, 0.2) is 0 Å². The molecular weight excluding hydrogens is 711 g/mol. The molecule has 4 aromatic carbocycles. The van der Waals surface area contributed by atoms with Gasteiger partial charge < -0.3 is 19.3 Å². The molecule has 260 valence electrons. The van der Waals surface area contributed by atoms with Crippen LogP contribution in [0, 0.1) is 20.2 Å². The summed E-state index contributed by atoms with van der Waals surface area (Å²) >= 11 is 13.9. The molecule has 0 fully saturated rings. The first-order valence-corrected chi connectivity index (χ1v) is 17.7. The van der Waals surface area contributed by atoms with Crippen molar-refractivity contribution in [3.05, 3.63) is 125 Å². The Bertz CT molecular complexity index is 2150. The van der Waals surface area contributed by atoms with E-state index in [4.69, 9.17) is 32.7 Å². The van der Waals surface area contributed by atoms with E-state index in [-0.39, 0.29) is 22.9 Å². The van der Waals surface area contributed by atoms with Gasteiger partial charge in [0.05, 0.1) is 20.7 Å². The first-order valence-electron chi connectivity index (χ1n) is 16.2. The molecule has 2 spiro atoms. The standard InChI is InChI=1S/C38H32Cl2N4O6S/c1-35(2)27-17-23(39)7-9-29(27)41(5)37(35)13-11-21-15-25(19-31(43(45)46)33(21)49-37)51-26-16-22-12-14-38(50-34(22)32(20-26)44(47)48)36(3,4)28-18-24(40)8-10-30(28)42(38)6/h7-20H,1-6H3. The molecule has 8 rings (SSSR count). The third-order valence-corrected chi connectivity index (χ3v) is 12.5. The van der Waals surface area contributed by atoms with Gasteiger partial charge in [-0.25, -0.2) is 0 Å². The first-order chi connectivity index (χ1) is 24.0. The average molecular weight is 744 g/mol. The summed E-state index contributed by atoms with van der Waals surface area (Å²) < 4.78 is 13.3. The number of hydrogen-bond donors (Lipinski definition) is 0. The maximum Gasteiger partial charge on any atom is 0.312 e. The Morgan fingerprint density at radius 1 is 0.647 bits per heavy atom. The fourth-order valence-corrected chi connectivity index (χ4v) is 9.54. The van der Waals surface area contributed by atoms with Gasteiger partial charge in [0.25, 0.3) is 0 Å². The number of rotatable bonds is 4. The summed E-state index contributed by atoms with van der Waals surface area (Å²) in [4.78, 5) is 29.2. The van der Waals surface area contributed by atoms with E-state index in [0.717, 1.165) is 22.5 Å². The normalized spacial score (nSPS) is 22.7. The van der Waals surface area contributed by atoms with Crippen molar-refractivity contribution in [2.24, 2.45) is 0 Å². The lowest BCUT2D eigenvalue weighted by atomic mass is 9.76. The van der Waals surface area contributed by atoms with Gasteiger partial charge >= 0.3 is 11.4 Å². The topological polar surface area (TPSA) is 111 Å². The van der Waals surface area contributed by atoms with Crippen molar-refractivity contribution >= 4 is 69.9 Å². The Morgan fingerprint density at radius 3 is 1.41 bits per heavy atom. The van der Waals surface area contributed by atoms with Crippen LogP contribution in [0.2, 0.25) is 10.0 Å². The number of fused-ring (bicyclic) bond motifs is 4. The van der Waals surface area contributed by atoms with E-state index in [1.807, 2.05) is 112 Å². The second-order valence-corrected chi connectivity index (χ2v) is 16.3. The number of likely N-dealkylation sites (N-methyl/N-ethyl adjacent to an activating group) is 2. The zero-order valence-electron chi connectivity index (χ0n) is 28.5. The summed E-state index contributed by atoms with van der Waals surface area (Å²) in [6.45, 7) is 8.11. The molecule has 51 heavy (non-hydrogen) atoms. The molecule has 2 atom stereocenters. The van der Waals surface area contributed by atoms with Crippen LogP contribution in [0.3, 0.4) is 0 Å². The maximum absolute atomic E-state index is 12.6. The van der Waals surface area contributed by atoms with Gasteiger partial charge in [-0.05, 0) is 112 Å². The van der Waals surface area contributed by atoms with Crippen LogP contribution in [0.15, 0.2) is 82.6 Å². The second-order valence-electron chi connectivity index (χ2n) is 14.3. The van der Waals surface area contributed by atoms with Gasteiger partial charge in [-0.3, -0.25) is 20.2 Å². The van der Waals surface area contributed by atoms with Crippen LogP contribution in [0.25, 0.3) is 12.2 Å². The number of halogens is 2. The largest absolute Gasteiger partial charge is 0.456 e. The molecule has 10 nitrogen and oxygen atoms in total. The molecular formula is C38H32Cl2N4O6S. The highest BCUT2D eigenvalue weighted by Gasteiger charge is 2.60. The molecule has 0 radical (unpaired) electrons. The van der Waals surface area contributed by atoms with E-state index in [9.17, 15) is 20.2 Å². The SMILES string of the molecule is CN1c2ccc(Cl)cc2C(C)(C)C12C=Cc1cc(Sc3cc4c(c([N+](=O)[O-])c3)OC3(C=C4)N(C)c4ccc(Cl)cc4C3(C)C)cc([N+](=O)[O-])c1O2. The third kappa shape index (κ3) is 4.50. The molecule has 0 aliphatic carbocycles. The third-order valence-electron chi connectivity index (χ3n) is 11.0. The van der Waals surface area contributed by atoms with Crippen LogP contribution >= 0.6 is 35.0 Å². The predicted molar refractivity (Wildman–Crippen MR) is 201 cm³/mol. The number of nitro groups is 2. The van der Waals surface area contributed by atoms with E-state index >= 15 is 0 Å². The molecule has 0 amide bonds. The molecule has 0 bridgehead atoms. The van der Waals surface area contributed by atoms with Crippen LogP contribution in [0.4, 0.5) is 22.7 Å². The number of nitrogens with zero attached hydrogens (tertiary/aromatic N) is 4. The molecule has 4 aliphatic heterocycles. The van der Waals surface area contributed by atoms with E-state index in [2.05, 4.69) is 0 Å². The van der Waals surface area contributed by atoms with Crippen LogP contribution in [-0.4, -0.2) is 35.4 Å². The number of hydrogen-bond acceptors (Lipinski definition) is 9. The van der Waals surface area contributed by atoms with Gasteiger partial charge in [-0.2, -0.15) is 0 Å². The molecule has 13 heteroatoms. The van der Waals surface area contributed by atoms with Gasteiger partial charge in [-0.1, -0.05) is 35.0 Å². The fraction of sp³-hybridized carbons (Fsp3) is 0.263. The van der Waals surface area contributed by atoms with Crippen molar-refractivity contribution in [3.63, 3.8) is 0 Å². The highest BCUT2D eigenvalue weighted by Crippen LogP contribution is 2.58. The van der Waals surface area contributed by atoms with Crippen molar-refractivity contribution in [1.29, 1.82) is 0 Å². The Hall–Kier alpha value is -4.71. The molecule has 0 saturated carbocycles. The van der Waals surface area contributed by atoms with Crippen molar-refractivity contribution in [2.75, 3.05) is 23.9 Å². The van der Waals surface area contributed by atoms with Gasteiger partial charge in [0.1, 0.15) is 0 Å². The van der Waals surface area contributed by atoms with Crippen LogP contribution in [-0.2, 0) is 10.8 Å². The van der Waals surface area contributed by atoms with Crippen molar-refractivity contribution in [3.8, 4) is 11.5 Å². The van der Waals surface area contributed by atoms with E-state index in [0.29, 0.717) is 31.0 Å². The minimum Gasteiger partial charge on any atom is -0.456 e. The summed E-state index contributed by atoms with van der Waals surface area (Å²) in [6.07, 6.45) is 7.55. The van der Waals surface area contributed by atoms with E-state index in [1.165, 1.54) is 23.9 Å². The lowest BCUT2D eigenvalue weighted by Gasteiger charge is -2.45. The zero-order valence-corrected chi connectivity index (χ0v) is 30.8. The van der Waals surface area contributed by atoms with Crippen molar-refractivity contribution < 1.29 is 19.3 Å². The van der Waals surface area contributed by atoms with Crippen LogP contribution in [0.5, 0.6) is 11.5 Å². The molecule has 0 N–H and O–H groups in total. The monoisotopic (exact) mass is 742 g/mol. The fourth-order valence-electron chi connectivity index (χ4n) is 8.21. The van der Waals surface area contributed by atoms with Crippen molar-refractivity contribution in [1.82, 2.24) is 0 Å². The number of benzene rings is 4. The number of anilines is 2. The van der Waals surface area contributed by atoms with E-state index < -0.39 is 32.1 Å². The summed E-state index contributed by atoms with van der Waals surface area (Å²) in [7, 11) is 3.80. The highest BCUT2D eigenvalue weighted by atomic mass is 35.5.